The predicted octanol–water partition coefficient (Wildman–Crippen LogP) is 1.58. The van der Waals surface area contributed by atoms with Gasteiger partial charge in [-0.1, -0.05) is 0 Å². The molecule has 0 bridgehead atoms. The first-order valence-corrected chi connectivity index (χ1v) is 5.41. The van der Waals surface area contributed by atoms with Crippen LogP contribution in [-0.2, 0) is 18.9 Å². The van der Waals surface area contributed by atoms with Gasteiger partial charge in [0.2, 0.25) is 0 Å². The van der Waals surface area contributed by atoms with Gasteiger partial charge in [-0.05, 0) is 26.7 Å². The third kappa shape index (κ3) is 4.47. The zero-order valence-electron chi connectivity index (χ0n) is 10.1. The highest BCUT2D eigenvalue weighted by atomic mass is 16.7. The van der Waals surface area contributed by atoms with E-state index in [1.807, 2.05) is 13.8 Å². The summed E-state index contributed by atoms with van der Waals surface area (Å²) < 4.78 is 21.9. The van der Waals surface area contributed by atoms with Gasteiger partial charge in [-0.2, -0.15) is 0 Å². The van der Waals surface area contributed by atoms with Crippen LogP contribution >= 0.6 is 0 Å². The molecule has 1 aliphatic rings. The van der Waals surface area contributed by atoms with Gasteiger partial charge >= 0.3 is 0 Å². The maximum atomic E-state index is 5.81. The van der Waals surface area contributed by atoms with E-state index in [1.165, 1.54) is 0 Å². The highest BCUT2D eigenvalue weighted by Crippen LogP contribution is 2.25. The summed E-state index contributed by atoms with van der Waals surface area (Å²) in [6, 6.07) is 0. The third-order valence-electron chi connectivity index (χ3n) is 2.42. The average molecular weight is 218 g/mol. The van der Waals surface area contributed by atoms with Crippen LogP contribution in [0.4, 0.5) is 0 Å². The van der Waals surface area contributed by atoms with Crippen molar-refractivity contribution in [3.05, 3.63) is 0 Å². The van der Waals surface area contributed by atoms with Gasteiger partial charge in [-0.25, -0.2) is 0 Å². The highest BCUT2D eigenvalue weighted by molar-refractivity contribution is 4.73. The first-order chi connectivity index (χ1) is 7.07. The molecule has 0 aromatic carbocycles. The fourth-order valence-electron chi connectivity index (χ4n) is 1.93. The molecule has 0 radical (unpaired) electrons. The van der Waals surface area contributed by atoms with Crippen molar-refractivity contribution >= 4 is 0 Å². The Kier molecular flexibility index (Phi) is 4.99. The summed E-state index contributed by atoms with van der Waals surface area (Å²) in [6.07, 6.45) is 2.13. The van der Waals surface area contributed by atoms with E-state index >= 15 is 0 Å². The van der Waals surface area contributed by atoms with Crippen molar-refractivity contribution in [3.8, 4) is 0 Å². The molecular weight excluding hydrogens is 196 g/mol. The number of hydrogen-bond donors (Lipinski definition) is 0. The molecule has 1 rings (SSSR count). The van der Waals surface area contributed by atoms with Crippen LogP contribution in [0.25, 0.3) is 0 Å². The monoisotopic (exact) mass is 218 g/mol. The van der Waals surface area contributed by atoms with E-state index in [0.717, 1.165) is 12.8 Å². The van der Waals surface area contributed by atoms with Crippen molar-refractivity contribution in [1.82, 2.24) is 0 Å². The van der Waals surface area contributed by atoms with Crippen molar-refractivity contribution in [1.29, 1.82) is 0 Å². The van der Waals surface area contributed by atoms with Crippen molar-refractivity contribution in [2.75, 3.05) is 27.4 Å². The normalized spacial score (nSPS) is 31.2. The van der Waals surface area contributed by atoms with E-state index in [0.29, 0.717) is 13.2 Å². The van der Waals surface area contributed by atoms with E-state index in [-0.39, 0.29) is 12.2 Å². The Morgan fingerprint density at radius 3 is 1.73 bits per heavy atom. The van der Waals surface area contributed by atoms with Gasteiger partial charge in [-0.3, -0.25) is 0 Å². The summed E-state index contributed by atoms with van der Waals surface area (Å²) in [5.41, 5.74) is 0. The Hall–Kier alpha value is -0.160. The van der Waals surface area contributed by atoms with Crippen molar-refractivity contribution in [2.45, 2.75) is 44.7 Å². The molecule has 1 fully saturated rings. The molecular formula is C11H22O4. The summed E-state index contributed by atoms with van der Waals surface area (Å²) in [5, 5.41) is 0. The minimum absolute atomic E-state index is 0.117. The maximum absolute atomic E-state index is 5.81. The quantitative estimate of drug-likeness (QED) is 0.718. The van der Waals surface area contributed by atoms with E-state index in [1.54, 1.807) is 14.2 Å². The fraction of sp³-hybridized carbons (Fsp3) is 1.00. The van der Waals surface area contributed by atoms with Crippen LogP contribution in [0, 0.1) is 0 Å². The second-order valence-electron chi connectivity index (χ2n) is 4.37. The molecule has 2 atom stereocenters. The van der Waals surface area contributed by atoms with E-state index in [9.17, 15) is 0 Å². The van der Waals surface area contributed by atoms with Gasteiger partial charge in [0.25, 0.3) is 0 Å². The molecule has 0 amide bonds. The Morgan fingerprint density at radius 1 is 1.00 bits per heavy atom. The molecule has 1 heterocycles. The van der Waals surface area contributed by atoms with Crippen molar-refractivity contribution in [3.63, 3.8) is 0 Å². The molecule has 1 aliphatic heterocycles. The van der Waals surface area contributed by atoms with E-state index in [4.69, 9.17) is 18.9 Å². The van der Waals surface area contributed by atoms with Crippen LogP contribution in [0.15, 0.2) is 0 Å². The SMILES string of the molecule is COCC1CCC(COC)OC(C)(C)O1. The Balaban J connectivity index is 2.52. The number of rotatable bonds is 4. The van der Waals surface area contributed by atoms with E-state index in [2.05, 4.69) is 0 Å². The summed E-state index contributed by atoms with van der Waals surface area (Å²) in [5.74, 6) is -0.553. The number of ether oxygens (including phenoxy) is 4. The zero-order chi connectivity index (χ0) is 11.3. The molecule has 4 nitrogen and oxygen atoms in total. The number of methoxy groups -OCH3 is 2. The minimum Gasteiger partial charge on any atom is -0.382 e. The lowest BCUT2D eigenvalue weighted by molar-refractivity contribution is -0.250. The number of hydrogen-bond acceptors (Lipinski definition) is 4. The second kappa shape index (κ2) is 5.80. The lowest BCUT2D eigenvalue weighted by Gasteiger charge is -2.29. The van der Waals surface area contributed by atoms with Crippen LogP contribution in [0.3, 0.4) is 0 Å². The summed E-state index contributed by atoms with van der Waals surface area (Å²) in [7, 11) is 3.38. The molecule has 1 saturated heterocycles. The van der Waals surface area contributed by atoms with Gasteiger partial charge in [0.05, 0.1) is 25.4 Å². The Labute approximate surface area is 91.8 Å². The maximum Gasteiger partial charge on any atom is 0.163 e. The second-order valence-corrected chi connectivity index (χ2v) is 4.37. The first kappa shape index (κ1) is 12.9. The minimum atomic E-state index is -0.553. The molecule has 2 unspecified atom stereocenters. The zero-order valence-corrected chi connectivity index (χ0v) is 10.1. The standard InChI is InChI=1S/C11H22O4/c1-11(2)14-9(7-12-3)5-6-10(15-11)8-13-4/h9-10H,5-8H2,1-4H3. The predicted molar refractivity (Wildman–Crippen MR) is 56.8 cm³/mol. The third-order valence-corrected chi connectivity index (χ3v) is 2.42. The largest absolute Gasteiger partial charge is 0.382 e. The molecule has 0 aromatic heterocycles. The molecule has 4 heteroatoms. The highest BCUT2D eigenvalue weighted by Gasteiger charge is 2.32. The fourth-order valence-corrected chi connectivity index (χ4v) is 1.93. The molecule has 90 valence electrons. The van der Waals surface area contributed by atoms with E-state index < -0.39 is 5.79 Å². The molecule has 0 saturated carbocycles. The van der Waals surface area contributed by atoms with Gasteiger partial charge < -0.3 is 18.9 Å². The first-order valence-electron chi connectivity index (χ1n) is 5.41. The van der Waals surface area contributed by atoms with Crippen LogP contribution in [-0.4, -0.2) is 45.4 Å². The van der Waals surface area contributed by atoms with Crippen molar-refractivity contribution in [2.24, 2.45) is 0 Å². The van der Waals surface area contributed by atoms with Gasteiger partial charge in [-0.15, -0.1) is 0 Å². The summed E-state index contributed by atoms with van der Waals surface area (Å²) in [6.45, 7) is 5.10. The summed E-state index contributed by atoms with van der Waals surface area (Å²) >= 11 is 0. The van der Waals surface area contributed by atoms with Crippen LogP contribution in [0.5, 0.6) is 0 Å². The van der Waals surface area contributed by atoms with Crippen LogP contribution < -0.4 is 0 Å². The van der Waals surface area contributed by atoms with Crippen molar-refractivity contribution < 1.29 is 18.9 Å². The van der Waals surface area contributed by atoms with Gasteiger partial charge in [0.15, 0.2) is 5.79 Å². The Morgan fingerprint density at radius 2 is 1.40 bits per heavy atom. The topological polar surface area (TPSA) is 36.9 Å². The lowest BCUT2D eigenvalue weighted by atomic mass is 10.1. The van der Waals surface area contributed by atoms with Crippen LogP contribution in [0.2, 0.25) is 0 Å². The van der Waals surface area contributed by atoms with Crippen LogP contribution in [0.1, 0.15) is 26.7 Å². The van der Waals surface area contributed by atoms with Gasteiger partial charge in [0, 0.05) is 14.2 Å². The molecule has 0 N–H and O–H groups in total. The Bertz CT molecular complexity index is 163. The smallest absolute Gasteiger partial charge is 0.163 e. The molecule has 0 aliphatic carbocycles. The molecule has 0 spiro atoms. The van der Waals surface area contributed by atoms with Gasteiger partial charge in [0.1, 0.15) is 0 Å². The molecule has 15 heavy (non-hydrogen) atoms. The lowest BCUT2D eigenvalue weighted by Crippen LogP contribution is -2.35. The summed E-state index contributed by atoms with van der Waals surface area (Å²) in [4.78, 5) is 0. The average Bonchev–Trinajstić information content (AvgIpc) is 2.26. The molecule has 0 aromatic rings.